The van der Waals surface area contributed by atoms with Gasteiger partial charge in [0.25, 0.3) is 5.91 Å². The van der Waals surface area contributed by atoms with Crippen molar-refractivity contribution in [3.8, 4) is 5.75 Å². The zero-order valence-electron chi connectivity index (χ0n) is 7.79. The molecule has 14 heavy (non-hydrogen) atoms. The maximum absolute atomic E-state index is 11.1. The highest BCUT2D eigenvalue weighted by atomic mass is 35.5. The lowest BCUT2D eigenvalue weighted by Crippen LogP contribution is -2.18. The normalized spacial score (nSPS) is 9.57. The van der Waals surface area contributed by atoms with Crippen LogP contribution in [0, 0.1) is 0 Å². The fraction of sp³-hybridized carbons (Fsp3) is 0.333. The Bertz CT molecular complexity index is 300. The molecule has 0 aromatic carbocycles. The molecule has 0 fully saturated rings. The Morgan fingerprint density at radius 3 is 2.93 bits per heavy atom. The average molecular weight is 215 g/mol. The predicted octanol–water partition coefficient (Wildman–Crippen LogP) is 1.06. The molecule has 0 bridgehead atoms. The van der Waals surface area contributed by atoms with Gasteiger partial charge in [-0.25, -0.2) is 4.98 Å². The summed E-state index contributed by atoms with van der Waals surface area (Å²) < 4.78 is 5.20. The lowest BCUT2D eigenvalue weighted by atomic mass is 10.3. The maximum Gasteiger partial charge on any atom is 0.269 e. The Labute approximate surface area is 87.2 Å². The van der Waals surface area contributed by atoms with E-state index >= 15 is 0 Å². The van der Waals surface area contributed by atoms with E-state index < -0.39 is 0 Å². The highest BCUT2D eigenvalue weighted by Crippen LogP contribution is 2.08. The van der Waals surface area contributed by atoms with Crippen LogP contribution in [0.4, 0.5) is 0 Å². The fourth-order valence-corrected chi connectivity index (χ4v) is 0.962. The predicted molar refractivity (Wildman–Crippen MR) is 53.8 cm³/mol. The van der Waals surface area contributed by atoms with Crippen LogP contribution in [-0.2, 0) is 0 Å². The fourth-order valence-electron chi connectivity index (χ4n) is 0.884. The van der Waals surface area contributed by atoms with Gasteiger partial charge in [0, 0.05) is 7.05 Å². The van der Waals surface area contributed by atoms with Gasteiger partial charge in [-0.05, 0) is 12.1 Å². The first-order chi connectivity index (χ1) is 6.77. The van der Waals surface area contributed by atoms with Gasteiger partial charge in [-0.1, -0.05) is 0 Å². The monoisotopic (exact) mass is 214 g/mol. The highest BCUT2D eigenvalue weighted by molar-refractivity contribution is 6.18. The molecule has 1 aromatic rings. The minimum absolute atomic E-state index is 0.214. The van der Waals surface area contributed by atoms with Gasteiger partial charge in [-0.15, -0.1) is 11.6 Å². The smallest absolute Gasteiger partial charge is 0.269 e. The molecular weight excluding hydrogens is 204 g/mol. The summed E-state index contributed by atoms with van der Waals surface area (Å²) in [6.45, 7) is 0.433. The molecule has 1 amide bonds. The third-order valence-electron chi connectivity index (χ3n) is 1.54. The number of carbonyl (C=O) groups excluding carboxylic acids is 1. The third-order valence-corrected chi connectivity index (χ3v) is 1.70. The van der Waals surface area contributed by atoms with E-state index in [2.05, 4.69) is 10.3 Å². The number of alkyl halides is 1. The molecule has 0 aliphatic rings. The molecule has 0 unspecified atom stereocenters. The minimum Gasteiger partial charge on any atom is -0.491 e. The third kappa shape index (κ3) is 2.88. The highest BCUT2D eigenvalue weighted by Gasteiger charge is 2.03. The van der Waals surface area contributed by atoms with Crippen molar-refractivity contribution in [3.63, 3.8) is 0 Å². The first kappa shape index (κ1) is 10.8. The Morgan fingerprint density at radius 1 is 1.64 bits per heavy atom. The molecule has 0 saturated carbocycles. The first-order valence-electron chi connectivity index (χ1n) is 4.15. The quantitative estimate of drug-likeness (QED) is 0.763. The number of nitrogens with zero attached hydrogens (tertiary/aromatic N) is 1. The number of aromatic nitrogens is 1. The van der Waals surface area contributed by atoms with Gasteiger partial charge in [0.2, 0.25) is 0 Å². The Balaban J connectivity index is 2.63. The lowest BCUT2D eigenvalue weighted by Gasteiger charge is -2.03. The van der Waals surface area contributed by atoms with Crippen LogP contribution in [0.25, 0.3) is 0 Å². The molecular formula is C9H11ClN2O2. The van der Waals surface area contributed by atoms with Crippen LogP contribution in [0.5, 0.6) is 5.75 Å². The molecule has 0 aliphatic carbocycles. The topological polar surface area (TPSA) is 51.2 Å². The second-order valence-corrected chi connectivity index (χ2v) is 2.87. The van der Waals surface area contributed by atoms with Crippen LogP contribution in [0.3, 0.4) is 0 Å². The molecule has 1 rings (SSSR count). The van der Waals surface area contributed by atoms with Crippen molar-refractivity contribution in [2.24, 2.45) is 0 Å². The number of ether oxygens (including phenoxy) is 1. The lowest BCUT2D eigenvalue weighted by molar-refractivity contribution is 0.0958. The Morgan fingerprint density at radius 2 is 2.43 bits per heavy atom. The van der Waals surface area contributed by atoms with Crippen molar-refractivity contribution in [1.82, 2.24) is 10.3 Å². The van der Waals surface area contributed by atoms with Gasteiger partial charge in [-0.2, -0.15) is 0 Å². The van der Waals surface area contributed by atoms with Crippen molar-refractivity contribution in [2.75, 3.05) is 19.5 Å². The van der Waals surface area contributed by atoms with Crippen LogP contribution >= 0.6 is 11.6 Å². The zero-order valence-corrected chi connectivity index (χ0v) is 8.54. The van der Waals surface area contributed by atoms with E-state index in [1.54, 1.807) is 19.2 Å². The van der Waals surface area contributed by atoms with Gasteiger partial charge >= 0.3 is 0 Å². The molecule has 1 N–H and O–H groups in total. The van der Waals surface area contributed by atoms with Crippen molar-refractivity contribution >= 4 is 17.5 Å². The van der Waals surface area contributed by atoms with E-state index in [-0.39, 0.29) is 5.91 Å². The van der Waals surface area contributed by atoms with Gasteiger partial charge < -0.3 is 10.1 Å². The van der Waals surface area contributed by atoms with E-state index in [1.807, 2.05) is 0 Å². The van der Waals surface area contributed by atoms with E-state index in [1.165, 1.54) is 6.20 Å². The maximum atomic E-state index is 11.1. The zero-order chi connectivity index (χ0) is 10.4. The SMILES string of the molecule is CNC(=O)c1ccc(OCCCl)cn1. The standard InChI is InChI=1S/C9H11ClN2O2/c1-11-9(13)8-3-2-7(6-12-8)14-5-4-10/h2-3,6H,4-5H2,1H3,(H,11,13). The van der Waals surface area contributed by atoms with E-state index in [0.717, 1.165) is 0 Å². The van der Waals surface area contributed by atoms with Crippen LogP contribution in [-0.4, -0.2) is 30.4 Å². The van der Waals surface area contributed by atoms with Crippen LogP contribution in [0.15, 0.2) is 18.3 Å². The van der Waals surface area contributed by atoms with Crippen molar-refractivity contribution in [1.29, 1.82) is 0 Å². The molecule has 0 saturated heterocycles. The summed E-state index contributed by atoms with van der Waals surface area (Å²) in [5.74, 6) is 0.823. The number of pyridine rings is 1. The number of nitrogens with one attached hydrogen (secondary N) is 1. The van der Waals surface area contributed by atoms with Crippen LogP contribution in [0.2, 0.25) is 0 Å². The Kier molecular flexibility index (Phi) is 4.19. The number of hydrogen-bond acceptors (Lipinski definition) is 3. The van der Waals surface area contributed by atoms with E-state index in [9.17, 15) is 4.79 Å². The number of halogens is 1. The van der Waals surface area contributed by atoms with Crippen molar-refractivity contribution < 1.29 is 9.53 Å². The second kappa shape index (κ2) is 5.44. The summed E-state index contributed by atoms with van der Waals surface area (Å²) >= 11 is 5.45. The molecule has 1 heterocycles. The van der Waals surface area contributed by atoms with Gasteiger partial charge in [0.1, 0.15) is 18.1 Å². The Hall–Kier alpha value is -1.29. The summed E-state index contributed by atoms with van der Waals surface area (Å²) in [6.07, 6.45) is 1.50. The molecule has 0 atom stereocenters. The van der Waals surface area contributed by atoms with Crippen molar-refractivity contribution in [2.45, 2.75) is 0 Å². The van der Waals surface area contributed by atoms with Crippen LogP contribution < -0.4 is 10.1 Å². The van der Waals surface area contributed by atoms with E-state index in [0.29, 0.717) is 23.9 Å². The molecule has 76 valence electrons. The summed E-state index contributed by atoms with van der Waals surface area (Å²) in [4.78, 5) is 15.0. The van der Waals surface area contributed by atoms with E-state index in [4.69, 9.17) is 16.3 Å². The molecule has 4 nitrogen and oxygen atoms in total. The van der Waals surface area contributed by atoms with Gasteiger partial charge in [-0.3, -0.25) is 4.79 Å². The second-order valence-electron chi connectivity index (χ2n) is 2.50. The number of hydrogen-bond donors (Lipinski definition) is 1. The average Bonchev–Trinajstić information content (AvgIpc) is 2.26. The molecule has 0 radical (unpaired) electrons. The molecule has 5 heteroatoms. The summed E-state index contributed by atoms with van der Waals surface area (Å²) in [5, 5.41) is 2.48. The molecule has 0 spiro atoms. The summed E-state index contributed by atoms with van der Waals surface area (Å²) in [7, 11) is 1.56. The van der Waals surface area contributed by atoms with Crippen molar-refractivity contribution in [3.05, 3.63) is 24.0 Å². The van der Waals surface area contributed by atoms with Gasteiger partial charge in [0.05, 0.1) is 12.1 Å². The van der Waals surface area contributed by atoms with Gasteiger partial charge in [0.15, 0.2) is 0 Å². The number of carbonyl (C=O) groups is 1. The first-order valence-corrected chi connectivity index (χ1v) is 4.68. The summed E-state index contributed by atoms with van der Waals surface area (Å²) in [5.41, 5.74) is 0.366. The molecule has 1 aromatic heterocycles. The minimum atomic E-state index is -0.214. The molecule has 0 aliphatic heterocycles. The largest absolute Gasteiger partial charge is 0.491 e. The number of amides is 1. The van der Waals surface area contributed by atoms with Crippen LogP contribution in [0.1, 0.15) is 10.5 Å². The number of rotatable bonds is 4. The summed E-state index contributed by atoms with van der Waals surface area (Å²) in [6, 6.07) is 3.28.